The lowest BCUT2D eigenvalue weighted by Gasteiger charge is -2.08. The number of imidazole rings is 1. The van der Waals surface area contributed by atoms with Gasteiger partial charge in [-0.25, -0.2) is 27.9 Å². The van der Waals surface area contributed by atoms with Crippen LogP contribution in [0.15, 0.2) is 82.6 Å². The number of nitrogens with one attached hydrogen (secondary N) is 1. The minimum atomic E-state index is -3.71. The van der Waals surface area contributed by atoms with Crippen molar-refractivity contribution in [1.29, 1.82) is 0 Å². The van der Waals surface area contributed by atoms with Crippen molar-refractivity contribution in [2.24, 2.45) is 5.14 Å². The summed E-state index contributed by atoms with van der Waals surface area (Å²) in [4.78, 5) is 13.5. The maximum atomic E-state index is 13.4. The number of nitrogens with two attached hydrogens (primary N) is 1. The highest BCUT2D eigenvalue weighted by Gasteiger charge is 2.19. The third kappa shape index (κ3) is 4.38. The zero-order valence-electron chi connectivity index (χ0n) is 17.7. The van der Waals surface area contributed by atoms with Crippen molar-refractivity contribution in [3.8, 4) is 22.6 Å². The Morgan fingerprint density at radius 1 is 1.06 bits per heavy atom. The lowest BCUT2D eigenvalue weighted by Crippen LogP contribution is -2.12. The molecule has 0 saturated carbocycles. The van der Waals surface area contributed by atoms with Crippen LogP contribution in [-0.4, -0.2) is 34.3 Å². The van der Waals surface area contributed by atoms with Crippen LogP contribution in [0.2, 0.25) is 0 Å². The number of hydrogen-bond acceptors (Lipinski definition) is 7. The van der Waals surface area contributed by atoms with Crippen molar-refractivity contribution < 1.29 is 18.7 Å². The van der Waals surface area contributed by atoms with Gasteiger partial charge in [0, 0.05) is 25.9 Å². The van der Waals surface area contributed by atoms with Crippen LogP contribution in [0.3, 0.4) is 0 Å². The lowest BCUT2D eigenvalue weighted by atomic mass is 10.1. The van der Waals surface area contributed by atoms with Gasteiger partial charge in [-0.05, 0) is 54.4 Å². The molecule has 3 heterocycles. The maximum absolute atomic E-state index is 13.4. The number of halogens is 1. The molecule has 0 saturated heterocycles. The number of aromatic nitrogens is 4. The number of nitrogens with zero attached hydrogens (tertiary/aromatic N) is 4. The van der Waals surface area contributed by atoms with Crippen molar-refractivity contribution in [1.82, 2.24) is 19.4 Å². The fourth-order valence-corrected chi connectivity index (χ4v) is 4.10. The molecule has 174 valence electrons. The Labute approximate surface area is 195 Å². The van der Waals surface area contributed by atoms with Gasteiger partial charge in [0.15, 0.2) is 0 Å². The van der Waals surface area contributed by atoms with Gasteiger partial charge < -0.3 is 9.73 Å². The number of oxazole rings is 1. The summed E-state index contributed by atoms with van der Waals surface area (Å²) in [5.41, 5.74) is 3.58. The number of anilines is 1. The van der Waals surface area contributed by atoms with Gasteiger partial charge in [-0.15, -0.1) is 0 Å². The van der Waals surface area contributed by atoms with Gasteiger partial charge in [0.2, 0.25) is 16.0 Å². The summed E-state index contributed by atoms with van der Waals surface area (Å²) in [6, 6.07) is 14.2. The van der Waals surface area contributed by atoms with E-state index in [0.717, 1.165) is 11.1 Å². The first kappa shape index (κ1) is 21.7. The molecule has 0 amide bonds. The Morgan fingerprint density at radius 3 is 2.56 bits per heavy atom. The van der Waals surface area contributed by atoms with Crippen molar-refractivity contribution in [3.05, 3.63) is 84.6 Å². The van der Waals surface area contributed by atoms with E-state index in [1.807, 2.05) is 0 Å². The number of primary sulfonamides is 1. The van der Waals surface area contributed by atoms with E-state index in [0.29, 0.717) is 41.8 Å². The van der Waals surface area contributed by atoms with Crippen molar-refractivity contribution in [3.63, 3.8) is 0 Å². The summed E-state index contributed by atoms with van der Waals surface area (Å²) in [6.07, 6.45) is 5.53. The topological polar surface area (TPSA) is 128 Å². The van der Waals surface area contributed by atoms with E-state index in [1.54, 1.807) is 47.1 Å². The number of sulfonamides is 1. The Kier molecular flexibility index (Phi) is 5.56. The molecule has 0 aliphatic heterocycles. The summed E-state index contributed by atoms with van der Waals surface area (Å²) in [6.45, 7) is 0.524. The average Bonchev–Trinajstić information content (AvgIpc) is 3.41. The molecule has 0 unspecified atom stereocenters. The van der Waals surface area contributed by atoms with Crippen molar-refractivity contribution >= 4 is 21.8 Å². The first-order chi connectivity index (χ1) is 16.4. The molecule has 0 aliphatic rings. The fourth-order valence-electron chi connectivity index (χ4n) is 3.58. The molecular weight excluding hydrogens is 459 g/mol. The first-order valence-corrected chi connectivity index (χ1v) is 11.8. The van der Waals surface area contributed by atoms with Crippen molar-refractivity contribution in [2.75, 3.05) is 11.9 Å². The summed E-state index contributed by atoms with van der Waals surface area (Å²) >= 11 is 0. The molecule has 0 atom stereocenters. The van der Waals surface area contributed by atoms with Gasteiger partial charge >= 0.3 is 5.84 Å². The standard InChI is InChI=1S/C23H19FN6O3S.H2/c24-17-5-3-16(4-6-17)20-21(30-13-14-33-23(30)29-20)19-10-12-27-22(28-19)26-11-9-15-1-7-18(8-2-15)34(25,31)32;/h1-8,10,12-14H,9,11H2,(H2,25,31,32)(H,26,27,28);1H. The molecule has 3 N–H and O–H groups in total. The van der Waals surface area contributed by atoms with Crippen LogP contribution in [-0.2, 0) is 16.4 Å². The summed E-state index contributed by atoms with van der Waals surface area (Å²) < 4.78 is 43.4. The number of rotatable bonds is 7. The minimum absolute atomic E-state index is 0. The van der Waals surface area contributed by atoms with Crippen molar-refractivity contribution in [2.45, 2.75) is 11.3 Å². The van der Waals surface area contributed by atoms with Crippen LogP contribution in [0.4, 0.5) is 10.3 Å². The number of fused-ring (bicyclic) bond motifs is 1. The highest BCUT2D eigenvalue weighted by Crippen LogP contribution is 2.32. The predicted molar refractivity (Wildman–Crippen MR) is 126 cm³/mol. The fraction of sp³-hybridized carbons (Fsp3) is 0.0870. The monoisotopic (exact) mass is 480 g/mol. The molecule has 0 bridgehead atoms. The molecule has 0 fully saturated rings. The van der Waals surface area contributed by atoms with E-state index < -0.39 is 10.0 Å². The van der Waals surface area contributed by atoms with Gasteiger partial charge in [-0.2, -0.15) is 4.98 Å². The lowest BCUT2D eigenvalue weighted by molar-refractivity contribution is 0.596. The molecule has 9 nitrogen and oxygen atoms in total. The quantitative estimate of drug-likeness (QED) is 0.363. The van der Waals surface area contributed by atoms with Gasteiger partial charge in [0.25, 0.3) is 0 Å². The second-order valence-electron chi connectivity index (χ2n) is 7.50. The summed E-state index contributed by atoms with van der Waals surface area (Å²) in [5, 5.41) is 8.32. The van der Waals surface area contributed by atoms with E-state index >= 15 is 0 Å². The van der Waals surface area contributed by atoms with Crippen LogP contribution in [0.25, 0.3) is 28.5 Å². The Hall–Kier alpha value is -4.09. The molecule has 0 spiro atoms. The number of benzene rings is 2. The summed E-state index contributed by atoms with van der Waals surface area (Å²) in [5.74, 6) is 0.480. The van der Waals surface area contributed by atoms with Crippen LogP contribution in [0, 0.1) is 5.82 Å². The normalized spacial score (nSPS) is 11.7. The largest absolute Gasteiger partial charge is 0.432 e. The van der Waals surface area contributed by atoms with E-state index in [-0.39, 0.29) is 12.1 Å². The molecule has 3 aromatic heterocycles. The van der Waals surface area contributed by atoms with E-state index in [2.05, 4.69) is 20.3 Å². The minimum Gasteiger partial charge on any atom is -0.432 e. The molecule has 0 radical (unpaired) electrons. The average molecular weight is 481 g/mol. The second kappa shape index (κ2) is 8.69. The van der Waals surface area contributed by atoms with Crippen LogP contribution in [0.5, 0.6) is 0 Å². The van der Waals surface area contributed by atoms with Crippen LogP contribution in [0.1, 0.15) is 6.99 Å². The molecule has 11 heteroatoms. The van der Waals surface area contributed by atoms with E-state index in [4.69, 9.17) is 9.56 Å². The van der Waals surface area contributed by atoms with E-state index in [1.165, 1.54) is 30.5 Å². The van der Waals surface area contributed by atoms with Gasteiger partial charge in [0.05, 0.1) is 10.6 Å². The van der Waals surface area contributed by atoms with Gasteiger partial charge in [0.1, 0.15) is 23.5 Å². The molecule has 5 aromatic rings. The molecule has 34 heavy (non-hydrogen) atoms. The van der Waals surface area contributed by atoms with Crippen LogP contribution < -0.4 is 10.5 Å². The molecular formula is C23H21FN6O3S. The maximum Gasteiger partial charge on any atom is 0.306 e. The molecule has 5 rings (SSSR count). The first-order valence-electron chi connectivity index (χ1n) is 10.3. The highest BCUT2D eigenvalue weighted by molar-refractivity contribution is 7.89. The Morgan fingerprint density at radius 2 is 1.82 bits per heavy atom. The SMILES string of the molecule is NS(=O)(=O)c1ccc(CCNc2nccc(-c3c(-c4ccc(F)cc4)nc4occn34)n2)cc1.[HH]. The third-order valence-corrected chi connectivity index (χ3v) is 6.16. The summed E-state index contributed by atoms with van der Waals surface area (Å²) in [7, 11) is -3.71. The second-order valence-corrected chi connectivity index (χ2v) is 9.06. The van der Waals surface area contributed by atoms with Gasteiger partial charge in [-0.1, -0.05) is 12.1 Å². The number of hydrogen-bond donors (Lipinski definition) is 2. The van der Waals surface area contributed by atoms with E-state index in [9.17, 15) is 12.8 Å². The zero-order chi connectivity index (χ0) is 23.7. The Balaban J connectivity index is 0.00000289. The highest BCUT2D eigenvalue weighted by atomic mass is 32.2. The smallest absolute Gasteiger partial charge is 0.306 e. The van der Waals surface area contributed by atoms with Crippen LogP contribution >= 0.6 is 0 Å². The van der Waals surface area contributed by atoms with Gasteiger partial charge in [-0.3, -0.25) is 4.40 Å². The zero-order valence-corrected chi connectivity index (χ0v) is 18.5. The molecule has 0 aliphatic carbocycles. The molecule has 2 aromatic carbocycles. The Bertz CT molecular complexity index is 1570. The third-order valence-electron chi connectivity index (χ3n) is 5.23. The predicted octanol–water partition coefficient (Wildman–Crippen LogP) is 3.74.